The summed E-state index contributed by atoms with van der Waals surface area (Å²) in [5.74, 6) is -2.57. The van der Waals surface area contributed by atoms with Crippen molar-refractivity contribution < 1.29 is 29.0 Å². The zero-order valence-corrected chi connectivity index (χ0v) is 27.1. The number of esters is 2. The molecule has 1 saturated heterocycles. The van der Waals surface area contributed by atoms with Gasteiger partial charge in [0.05, 0.1) is 37.7 Å². The molecule has 2 aliphatic heterocycles. The van der Waals surface area contributed by atoms with E-state index < -0.39 is 17.9 Å². The molecule has 12 heteroatoms. The number of carbonyl (C=O) groups excluding carboxylic acids is 3. The fraction of sp³-hybridized carbons (Fsp3) is 0.406. The van der Waals surface area contributed by atoms with E-state index in [1.807, 2.05) is 30.3 Å². The second-order valence-corrected chi connectivity index (χ2v) is 11.2. The van der Waals surface area contributed by atoms with E-state index in [2.05, 4.69) is 10.2 Å². The monoisotopic (exact) mass is 665 g/mol. The van der Waals surface area contributed by atoms with Crippen molar-refractivity contribution in [3.05, 3.63) is 92.2 Å². The van der Waals surface area contributed by atoms with Gasteiger partial charge in [0.1, 0.15) is 0 Å². The molecule has 0 aromatic heterocycles. The highest BCUT2D eigenvalue weighted by Gasteiger charge is 2.42. The molecule has 0 aliphatic carbocycles. The summed E-state index contributed by atoms with van der Waals surface area (Å²) in [6.07, 6.45) is 1.53. The lowest BCUT2D eigenvalue weighted by Crippen LogP contribution is -2.49. The standard InChI is InChI=1S/C32H37Cl2N3O6.ClH/c1-42-31(40)28-24(13-12-21-8-4-3-5-9-21)35-25(20-26(39)37-17-15-36(16-18-37)14-7-19-38)29(32(41)43-2)30(28)27-22(33)10-6-11-23(27)34;/h3-6,8-11,30,35,38H,7,12-20H2,1-2H3;1H. The lowest BCUT2D eigenvalue weighted by atomic mass is 9.78. The number of rotatable bonds is 11. The molecule has 1 amide bonds. The third-order valence-electron chi connectivity index (χ3n) is 7.82. The number of aliphatic hydroxyl groups excluding tert-OH is 1. The Morgan fingerprint density at radius 3 is 2.02 bits per heavy atom. The van der Waals surface area contributed by atoms with Crippen molar-refractivity contribution >= 4 is 53.5 Å². The third-order valence-corrected chi connectivity index (χ3v) is 8.48. The average molecular weight is 667 g/mol. The first-order valence-corrected chi connectivity index (χ1v) is 15.0. The Kier molecular flexibility index (Phi) is 13.5. The first-order valence-electron chi connectivity index (χ1n) is 14.3. The van der Waals surface area contributed by atoms with Crippen LogP contribution < -0.4 is 5.32 Å². The number of nitrogens with one attached hydrogen (secondary N) is 1. The predicted octanol–water partition coefficient (Wildman–Crippen LogP) is 4.51. The lowest BCUT2D eigenvalue weighted by Gasteiger charge is -2.36. The zero-order valence-electron chi connectivity index (χ0n) is 24.8. The fourth-order valence-corrected chi connectivity index (χ4v) is 6.23. The minimum absolute atomic E-state index is 0. The van der Waals surface area contributed by atoms with Crippen LogP contribution >= 0.6 is 35.6 Å². The number of ether oxygens (including phenoxy) is 2. The van der Waals surface area contributed by atoms with E-state index >= 15 is 0 Å². The van der Waals surface area contributed by atoms with Gasteiger partial charge in [0.25, 0.3) is 0 Å². The van der Waals surface area contributed by atoms with Crippen molar-refractivity contribution in [1.82, 2.24) is 15.1 Å². The van der Waals surface area contributed by atoms with Crippen LogP contribution in [0.5, 0.6) is 0 Å². The SMILES string of the molecule is COC(=O)C1=C(CCc2ccccc2)NC(CC(=O)N2CCN(CCCO)CC2)=C(C(=O)OC)C1c1c(Cl)cccc1Cl.Cl. The summed E-state index contributed by atoms with van der Waals surface area (Å²) in [5, 5.41) is 13.0. The van der Waals surface area contributed by atoms with Crippen LogP contribution in [0.1, 0.15) is 36.3 Å². The van der Waals surface area contributed by atoms with Gasteiger partial charge >= 0.3 is 11.9 Å². The highest BCUT2D eigenvalue weighted by molar-refractivity contribution is 6.36. The van der Waals surface area contributed by atoms with Gasteiger partial charge in [-0.1, -0.05) is 59.6 Å². The molecule has 44 heavy (non-hydrogen) atoms. The number of methoxy groups -OCH3 is 2. The van der Waals surface area contributed by atoms with Crippen LogP contribution in [0, 0.1) is 0 Å². The Hall–Kier alpha value is -3.08. The van der Waals surface area contributed by atoms with Crippen LogP contribution in [0.15, 0.2) is 71.1 Å². The number of halogens is 3. The maximum Gasteiger partial charge on any atom is 0.336 e. The number of piperazine rings is 1. The molecule has 2 aliphatic rings. The predicted molar refractivity (Wildman–Crippen MR) is 172 cm³/mol. The number of benzene rings is 2. The first-order chi connectivity index (χ1) is 20.8. The molecule has 2 N–H and O–H groups in total. The maximum absolute atomic E-state index is 13.7. The van der Waals surface area contributed by atoms with Gasteiger partial charge in [-0.05, 0) is 37.0 Å². The maximum atomic E-state index is 13.7. The number of amides is 1. The highest BCUT2D eigenvalue weighted by atomic mass is 35.5. The Balaban J connectivity index is 0.00000529. The summed E-state index contributed by atoms with van der Waals surface area (Å²) in [6, 6.07) is 14.7. The number of aryl methyl sites for hydroxylation is 1. The van der Waals surface area contributed by atoms with Crippen molar-refractivity contribution in [1.29, 1.82) is 0 Å². The van der Waals surface area contributed by atoms with Gasteiger partial charge in [0, 0.05) is 66.3 Å². The second-order valence-electron chi connectivity index (χ2n) is 10.4. The van der Waals surface area contributed by atoms with Gasteiger partial charge in [0.2, 0.25) is 5.91 Å². The largest absolute Gasteiger partial charge is 0.466 e. The van der Waals surface area contributed by atoms with E-state index in [4.69, 9.17) is 37.8 Å². The summed E-state index contributed by atoms with van der Waals surface area (Å²) >= 11 is 13.4. The molecule has 2 aromatic rings. The van der Waals surface area contributed by atoms with Crippen molar-refractivity contribution in [3.63, 3.8) is 0 Å². The molecule has 1 fully saturated rings. The molecule has 9 nitrogen and oxygen atoms in total. The number of dihydropyridines is 1. The topological polar surface area (TPSA) is 108 Å². The van der Waals surface area contributed by atoms with Gasteiger partial charge in [-0.3, -0.25) is 9.69 Å². The smallest absolute Gasteiger partial charge is 0.336 e. The van der Waals surface area contributed by atoms with Crippen molar-refractivity contribution in [2.24, 2.45) is 0 Å². The van der Waals surface area contributed by atoms with Crippen LogP contribution in [0.4, 0.5) is 0 Å². The molecule has 0 spiro atoms. The normalized spacial score (nSPS) is 17.1. The lowest BCUT2D eigenvalue weighted by molar-refractivity contribution is -0.137. The molecule has 4 rings (SSSR count). The second kappa shape index (κ2) is 16.8. The van der Waals surface area contributed by atoms with Crippen LogP contribution in [0.25, 0.3) is 0 Å². The van der Waals surface area contributed by atoms with Gasteiger partial charge in [-0.15, -0.1) is 12.4 Å². The minimum Gasteiger partial charge on any atom is -0.466 e. The van der Waals surface area contributed by atoms with Crippen molar-refractivity contribution in [2.75, 3.05) is 53.6 Å². The number of nitrogens with zero attached hydrogens (tertiary/aromatic N) is 2. The van der Waals surface area contributed by atoms with E-state index in [0.717, 1.165) is 12.1 Å². The average Bonchev–Trinajstić information content (AvgIpc) is 3.02. The fourth-order valence-electron chi connectivity index (χ4n) is 5.62. The highest BCUT2D eigenvalue weighted by Crippen LogP contribution is 2.46. The molecule has 2 heterocycles. The molecule has 238 valence electrons. The van der Waals surface area contributed by atoms with E-state index in [1.165, 1.54) is 14.2 Å². The number of allylic oxidation sites excluding steroid dienone is 1. The van der Waals surface area contributed by atoms with E-state index in [9.17, 15) is 14.4 Å². The van der Waals surface area contributed by atoms with E-state index in [1.54, 1.807) is 23.1 Å². The molecule has 2 aromatic carbocycles. The molecule has 1 unspecified atom stereocenters. The summed E-state index contributed by atoms with van der Waals surface area (Å²) in [6.45, 7) is 3.32. The molecule has 0 bridgehead atoms. The van der Waals surface area contributed by atoms with Gasteiger partial charge < -0.3 is 24.8 Å². The summed E-state index contributed by atoms with van der Waals surface area (Å²) in [4.78, 5) is 44.6. The summed E-state index contributed by atoms with van der Waals surface area (Å²) in [7, 11) is 2.52. The van der Waals surface area contributed by atoms with E-state index in [0.29, 0.717) is 62.4 Å². The van der Waals surface area contributed by atoms with Gasteiger partial charge in [-0.2, -0.15) is 0 Å². The molecule has 0 saturated carbocycles. The van der Waals surface area contributed by atoms with Crippen LogP contribution in [0.3, 0.4) is 0 Å². The Morgan fingerprint density at radius 1 is 0.864 bits per heavy atom. The quantitative estimate of drug-likeness (QED) is 0.338. The van der Waals surface area contributed by atoms with E-state index in [-0.39, 0.29) is 52.5 Å². The Morgan fingerprint density at radius 2 is 1.45 bits per heavy atom. The number of hydrogen-bond donors (Lipinski definition) is 2. The number of hydrogen-bond acceptors (Lipinski definition) is 8. The van der Waals surface area contributed by atoms with Gasteiger partial charge in [0.15, 0.2) is 0 Å². The molecular weight excluding hydrogens is 629 g/mol. The minimum atomic E-state index is -1.04. The third kappa shape index (κ3) is 8.34. The van der Waals surface area contributed by atoms with Gasteiger partial charge in [-0.25, -0.2) is 9.59 Å². The summed E-state index contributed by atoms with van der Waals surface area (Å²) < 4.78 is 10.4. The van der Waals surface area contributed by atoms with Crippen molar-refractivity contribution in [2.45, 2.75) is 31.6 Å². The molecule has 0 radical (unpaired) electrons. The Bertz CT molecular complexity index is 1370. The van der Waals surface area contributed by atoms with Crippen LogP contribution in [0.2, 0.25) is 10.0 Å². The molecular formula is C32H38Cl3N3O6. The van der Waals surface area contributed by atoms with Crippen molar-refractivity contribution in [3.8, 4) is 0 Å². The number of carbonyl (C=O) groups is 3. The Labute approximate surface area is 274 Å². The van der Waals surface area contributed by atoms with Crippen LogP contribution in [-0.2, 0) is 30.3 Å². The van der Waals surface area contributed by atoms with Crippen LogP contribution in [-0.4, -0.2) is 86.3 Å². The zero-order chi connectivity index (χ0) is 30.9. The summed E-state index contributed by atoms with van der Waals surface area (Å²) in [5.41, 5.74) is 2.51. The molecule has 1 atom stereocenters. The number of aliphatic hydroxyl groups is 1. The first kappa shape index (κ1) is 35.4.